The molecule has 0 bridgehead atoms. The molecule has 172 valence electrons. The van der Waals surface area contributed by atoms with Crippen LogP contribution in [0.4, 0.5) is 15.8 Å². The second kappa shape index (κ2) is 11.8. The normalized spacial score (nSPS) is 10.7. The number of benzene rings is 3. The maximum Gasteiger partial charge on any atom is 0.266 e. The van der Waals surface area contributed by atoms with Crippen LogP contribution in [0.1, 0.15) is 12.5 Å². The van der Waals surface area contributed by atoms with Gasteiger partial charge in [0.25, 0.3) is 11.8 Å². The lowest BCUT2D eigenvalue weighted by atomic mass is 10.1. The zero-order chi connectivity index (χ0) is 24.3. The number of carbonyl (C=O) groups excluding carboxylic acids is 2. The van der Waals surface area contributed by atoms with Crippen LogP contribution in [-0.4, -0.2) is 25.0 Å². The zero-order valence-electron chi connectivity index (χ0n) is 18.4. The lowest BCUT2D eigenvalue weighted by Gasteiger charge is -2.08. The van der Waals surface area contributed by atoms with Gasteiger partial charge in [-0.25, -0.2) is 4.39 Å². The molecule has 2 amide bonds. The maximum absolute atomic E-state index is 12.9. The first-order valence-electron chi connectivity index (χ1n) is 10.4. The molecule has 0 spiro atoms. The van der Waals surface area contributed by atoms with Crippen molar-refractivity contribution in [1.82, 2.24) is 0 Å². The molecule has 3 aromatic rings. The monoisotopic (exact) mass is 459 g/mol. The summed E-state index contributed by atoms with van der Waals surface area (Å²) in [4.78, 5) is 24.4. The van der Waals surface area contributed by atoms with E-state index in [1.54, 1.807) is 48.5 Å². The average molecular weight is 459 g/mol. The summed E-state index contributed by atoms with van der Waals surface area (Å²) in [5.74, 6) is -0.204. The molecular weight excluding hydrogens is 437 g/mol. The van der Waals surface area contributed by atoms with Gasteiger partial charge in [0, 0.05) is 11.4 Å². The number of hydrogen-bond donors (Lipinski definition) is 2. The number of ether oxygens (including phenoxy) is 2. The van der Waals surface area contributed by atoms with Gasteiger partial charge in [-0.05, 0) is 79.2 Å². The van der Waals surface area contributed by atoms with Gasteiger partial charge in [0.2, 0.25) is 0 Å². The van der Waals surface area contributed by atoms with Gasteiger partial charge >= 0.3 is 0 Å². The van der Waals surface area contributed by atoms with Crippen LogP contribution in [0.25, 0.3) is 6.08 Å². The number of nitriles is 1. The molecule has 2 N–H and O–H groups in total. The Kier molecular flexibility index (Phi) is 8.36. The molecule has 0 saturated heterocycles. The van der Waals surface area contributed by atoms with Crippen LogP contribution in [0.15, 0.2) is 78.4 Å². The number of carbonyl (C=O) groups is 2. The topological polar surface area (TPSA) is 100 Å². The minimum atomic E-state index is -0.538. The zero-order valence-corrected chi connectivity index (χ0v) is 18.4. The van der Waals surface area contributed by atoms with Gasteiger partial charge in [0.1, 0.15) is 29.0 Å². The van der Waals surface area contributed by atoms with Gasteiger partial charge in [-0.15, -0.1) is 0 Å². The number of amides is 2. The molecule has 0 unspecified atom stereocenters. The molecule has 0 fully saturated rings. The summed E-state index contributed by atoms with van der Waals surface area (Å²) in [5, 5.41) is 14.7. The molecule has 0 saturated carbocycles. The van der Waals surface area contributed by atoms with Crippen LogP contribution < -0.4 is 20.1 Å². The predicted octanol–water partition coefficient (Wildman–Crippen LogP) is 4.79. The van der Waals surface area contributed by atoms with Crippen LogP contribution >= 0.6 is 0 Å². The molecule has 0 radical (unpaired) electrons. The van der Waals surface area contributed by atoms with Gasteiger partial charge in [-0.2, -0.15) is 5.26 Å². The Morgan fingerprint density at radius 2 is 1.44 bits per heavy atom. The van der Waals surface area contributed by atoms with Crippen LogP contribution in [0.2, 0.25) is 0 Å². The molecular formula is C26H22FN3O4. The number of nitrogens with zero attached hydrogens (tertiary/aromatic N) is 1. The first-order valence-corrected chi connectivity index (χ1v) is 10.4. The summed E-state index contributed by atoms with van der Waals surface area (Å²) in [6, 6.07) is 20.7. The van der Waals surface area contributed by atoms with Crippen molar-refractivity contribution in [2.24, 2.45) is 0 Å². The summed E-state index contributed by atoms with van der Waals surface area (Å²) in [6.45, 7) is 2.19. The first-order chi connectivity index (χ1) is 16.5. The summed E-state index contributed by atoms with van der Waals surface area (Å²) >= 11 is 0. The summed E-state index contributed by atoms with van der Waals surface area (Å²) in [5.41, 5.74) is 1.54. The molecule has 8 heteroatoms. The molecule has 0 aliphatic carbocycles. The van der Waals surface area contributed by atoms with Crippen molar-refractivity contribution in [2.45, 2.75) is 6.92 Å². The van der Waals surface area contributed by atoms with Gasteiger partial charge in [0.15, 0.2) is 6.61 Å². The molecule has 0 heterocycles. The van der Waals surface area contributed by atoms with E-state index in [1.807, 2.05) is 13.0 Å². The van der Waals surface area contributed by atoms with E-state index in [9.17, 15) is 19.2 Å². The molecule has 0 atom stereocenters. The number of nitrogens with one attached hydrogen (secondary N) is 2. The fraction of sp³-hybridized carbons (Fsp3) is 0.115. The Bertz CT molecular complexity index is 1200. The van der Waals surface area contributed by atoms with Crippen LogP contribution in [0, 0.1) is 17.1 Å². The predicted molar refractivity (Wildman–Crippen MR) is 127 cm³/mol. The van der Waals surface area contributed by atoms with E-state index in [0.29, 0.717) is 35.0 Å². The van der Waals surface area contributed by atoms with E-state index in [4.69, 9.17) is 9.47 Å². The molecule has 3 aromatic carbocycles. The number of halogens is 1. The third-order valence-corrected chi connectivity index (χ3v) is 4.48. The maximum atomic E-state index is 12.9. The standard InChI is InChI=1S/C26H22FN3O4/c1-2-33-23-13-9-22(10-14-23)30-26(32)19(16-28)15-18-3-11-24(12-4-18)34-17-25(31)29-21-7-5-20(27)6-8-21/h3-15H,2,17H2,1H3,(H,29,31)(H,30,32)/b19-15+. The average Bonchev–Trinajstić information content (AvgIpc) is 2.84. The van der Waals surface area contributed by atoms with E-state index in [2.05, 4.69) is 10.6 Å². The van der Waals surface area contributed by atoms with E-state index < -0.39 is 17.6 Å². The number of rotatable bonds is 9. The highest BCUT2D eigenvalue weighted by atomic mass is 19.1. The highest BCUT2D eigenvalue weighted by Crippen LogP contribution is 2.18. The van der Waals surface area contributed by atoms with Crippen molar-refractivity contribution in [1.29, 1.82) is 5.26 Å². The van der Waals surface area contributed by atoms with Gasteiger partial charge < -0.3 is 20.1 Å². The van der Waals surface area contributed by atoms with Crippen molar-refractivity contribution >= 4 is 29.3 Å². The quantitative estimate of drug-likeness (QED) is 0.354. The minimum absolute atomic E-state index is 0.0683. The third-order valence-electron chi connectivity index (χ3n) is 4.48. The molecule has 3 rings (SSSR count). The smallest absolute Gasteiger partial charge is 0.266 e. The van der Waals surface area contributed by atoms with E-state index in [-0.39, 0.29) is 12.2 Å². The Morgan fingerprint density at radius 1 is 0.882 bits per heavy atom. The highest BCUT2D eigenvalue weighted by molar-refractivity contribution is 6.09. The van der Waals surface area contributed by atoms with Crippen molar-refractivity contribution in [3.05, 3.63) is 89.8 Å². The van der Waals surface area contributed by atoms with Crippen LogP contribution in [0.5, 0.6) is 11.5 Å². The fourth-order valence-electron chi connectivity index (χ4n) is 2.85. The second-order valence-electron chi connectivity index (χ2n) is 6.99. The Morgan fingerprint density at radius 3 is 2.06 bits per heavy atom. The summed E-state index contributed by atoms with van der Waals surface area (Å²) in [7, 11) is 0. The number of anilines is 2. The first kappa shape index (κ1) is 24.0. The van der Waals surface area contributed by atoms with E-state index in [1.165, 1.54) is 30.3 Å². The molecule has 7 nitrogen and oxygen atoms in total. The van der Waals surface area contributed by atoms with Crippen LogP contribution in [0.3, 0.4) is 0 Å². The molecule has 0 aromatic heterocycles. The molecule has 0 aliphatic heterocycles. The third kappa shape index (κ3) is 7.21. The van der Waals surface area contributed by atoms with Crippen molar-refractivity contribution in [3.63, 3.8) is 0 Å². The fourth-order valence-corrected chi connectivity index (χ4v) is 2.85. The molecule has 34 heavy (non-hydrogen) atoms. The minimum Gasteiger partial charge on any atom is -0.494 e. The van der Waals surface area contributed by atoms with E-state index in [0.717, 1.165) is 0 Å². The summed E-state index contributed by atoms with van der Waals surface area (Å²) < 4.78 is 23.7. The lowest BCUT2D eigenvalue weighted by Crippen LogP contribution is -2.20. The Balaban J connectivity index is 1.55. The van der Waals surface area contributed by atoms with Gasteiger partial charge in [-0.1, -0.05) is 12.1 Å². The van der Waals surface area contributed by atoms with Crippen molar-refractivity contribution < 1.29 is 23.5 Å². The van der Waals surface area contributed by atoms with Gasteiger partial charge in [0.05, 0.1) is 6.61 Å². The van der Waals surface area contributed by atoms with Gasteiger partial charge in [-0.3, -0.25) is 9.59 Å². The Hall–Kier alpha value is -4.64. The SMILES string of the molecule is CCOc1ccc(NC(=O)/C(C#N)=C/c2ccc(OCC(=O)Nc3ccc(F)cc3)cc2)cc1. The molecule has 0 aliphatic rings. The van der Waals surface area contributed by atoms with Crippen molar-refractivity contribution in [3.8, 4) is 17.6 Å². The van der Waals surface area contributed by atoms with Crippen molar-refractivity contribution in [2.75, 3.05) is 23.8 Å². The van der Waals surface area contributed by atoms with E-state index >= 15 is 0 Å². The largest absolute Gasteiger partial charge is 0.494 e. The summed E-state index contributed by atoms with van der Waals surface area (Å²) in [6.07, 6.45) is 1.45. The second-order valence-corrected chi connectivity index (χ2v) is 6.99. The van der Waals surface area contributed by atoms with Crippen LogP contribution in [-0.2, 0) is 9.59 Å². The lowest BCUT2D eigenvalue weighted by molar-refractivity contribution is -0.118. The highest BCUT2D eigenvalue weighted by Gasteiger charge is 2.10. The Labute approximate surface area is 196 Å². The number of hydrogen-bond acceptors (Lipinski definition) is 5.